The van der Waals surface area contributed by atoms with Crippen molar-refractivity contribution < 1.29 is 9.90 Å². The Hall–Kier alpha value is 0.920. The first-order valence-electron chi connectivity index (χ1n) is 12.1. The van der Waals surface area contributed by atoms with Crippen molar-refractivity contribution in [3.8, 4) is 0 Å². The van der Waals surface area contributed by atoms with Crippen molar-refractivity contribution >= 4 is 64.0 Å². The highest BCUT2D eigenvalue weighted by molar-refractivity contribution is 6.28. The van der Waals surface area contributed by atoms with Gasteiger partial charge in [0.25, 0.3) is 0 Å². The molecule has 186 valence electrons. The zero-order valence-electron chi connectivity index (χ0n) is 19.2. The average Bonchev–Trinajstić information content (AvgIpc) is 2.74. The summed E-state index contributed by atoms with van der Waals surface area (Å²) in [5, 5.41) is 9.90. The van der Waals surface area contributed by atoms with Crippen molar-refractivity contribution in [1.29, 1.82) is 0 Å². The van der Waals surface area contributed by atoms with Gasteiger partial charge in [-0.1, -0.05) is 58.3 Å². The smallest absolute Gasteiger partial charge is 0.306 e. The molecule has 0 spiro atoms. The Balaban J connectivity index is 3.70. The molecule has 1 N–H and O–H groups in total. The van der Waals surface area contributed by atoms with Crippen LogP contribution in [0.3, 0.4) is 0 Å². The maximum absolute atomic E-state index is 11.5. The van der Waals surface area contributed by atoms with Gasteiger partial charge < -0.3 is 5.11 Å². The van der Waals surface area contributed by atoms with E-state index >= 15 is 0 Å². The monoisotopic (exact) mass is 538 g/mol. The third kappa shape index (κ3) is 20.0. The lowest BCUT2D eigenvalue weighted by Gasteiger charge is -2.14. The van der Waals surface area contributed by atoms with Crippen LogP contribution in [-0.2, 0) is 4.79 Å². The molecule has 0 aromatic carbocycles. The molecule has 5 atom stereocenters. The van der Waals surface area contributed by atoms with E-state index in [0.717, 1.165) is 64.2 Å². The van der Waals surface area contributed by atoms with Gasteiger partial charge in [0.2, 0.25) is 0 Å². The number of rotatable bonds is 22. The zero-order chi connectivity index (χ0) is 23.5. The molecule has 0 aliphatic carbocycles. The Labute approximate surface area is 216 Å². The normalized spacial score (nSPS) is 16.6. The predicted octanol–water partition coefficient (Wildman–Crippen LogP) is 9.62. The van der Waals surface area contributed by atoms with Crippen molar-refractivity contribution in [2.24, 2.45) is 5.92 Å². The standard InChI is InChI=1S/C24H43Cl5O2/c1-2-20(26)17-22(28)13-9-7-5-3-4-6-8-11-19(24(30)31)12-10-14-21(27)15-16-23(29)18-25/h19-23H,2-18H2,1H3,(H,30,31). The fourth-order valence-corrected chi connectivity index (χ4v) is 5.00. The van der Waals surface area contributed by atoms with E-state index in [4.69, 9.17) is 58.0 Å². The maximum Gasteiger partial charge on any atom is 0.306 e. The number of carboxylic acid groups (broad SMARTS) is 1. The van der Waals surface area contributed by atoms with Gasteiger partial charge in [0.1, 0.15) is 0 Å². The molecule has 31 heavy (non-hydrogen) atoms. The van der Waals surface area contributed by atoms with E-state index in [0.29, 0.717) is 12.3 Å². The average molecular weight is 541 g/mol. The predicted molar refractivity (Wildman–Crippen MR) is 140 cm³/mol. The summed E-state index contributed by atoms with van der Waals surface area (Å²) in [6, 6.07) is 0. The Kier molecular flexibility index (Phi) is 22.1. The summed E-state index contributed by atoms with van der Waals surface area (Å²) in [5.41, 5.74) is 0. The molecule has 0 saturated carbocycles. The number of halogens is 5. The summed E-state index contributed by atoms with van der Waals surface area (Å²) >= 11 is 30.5. The fourth-order valence-electron chi connectivity index (χ4n) is 3.76. The maximum atomic E-state index is 11.5. The highest BCUT2D eigenvalue weighted by Gasteiger charge is 2.18. The molecular weight excluding hydrogens is 498 g/mol. The van der Waals surface area contributed by atoms with Crippen LogP contribution in [0, 0.1) is 5.92 Å². The van der Waals surface area contributed by atoms with Crippen molar-refractivity contribution in [2.45, 2.75) is 131 Å². The summed E-state index contributed by atoms with van der Waals surface area (Å²) < 4.78 is 0. The minimum Gasteiger partial charge on any atom is -0.481 e. The lowest BCUT2D eigenvalue weighted by molar-refractivity contribution is -0.142. The Morgan fingerprint density at radius 1 is 0.645 bits per heavy atom. The van der Waals surface area contributed by atoms with Crippen LogP contribution in [0.15, 0.2) is 0 Å². The van der Waals surface area contributed by atoms with Gasteiger partial charge in [0.05, 0.1) is 5.92 Å². The lowest BCUT2D eigenvalue weighted by Crippen LogP contribution is -2.14. The molecular formula is C24H43Cl5O2. The van der Waals surface area contributed by atoms with Crippen LogP contribution in [0.2, 0.25) is 0 Å². The van der Waals surface area contributed by atoms with Gasteiger partial charge in [-0.25, -0.2) is 0 Å². The molecule has 0 aromatic rings. The van der Waals surface area contributed by atoms with Crippen LogP contribution in [0.1, 0.15) is 110 Å². The van der Waals surface area contributed by atoms with Crippen LogP contribution >= 0.6 is 58.0 Å². The van der Waals surface area contributed by atoms with Crippen molar-refractivity contribution in [3.05, 3.63) is 0 Å². The van der Waals surface area contributed by atoms with E-state index in [2.05, 4.69) is 6.92 Å². The molecule has 0 radical (unpaired) electrons. The molecule has 0 aliphatic rings. The molecule has 0 heterocycles. The van der Waals surface area contributed by atoms with Gasteiger partial charge in [0, 0.05) is 27.4 Å². The molecule has 0 aliphatic heterocycles. The number of alkyl halides is 5. The van der Waals surface area contributed by atoms with Crippen molar-refractivity contribution in [2.75, 3.05) is 5.88 Å². The molecule has 0 bridgehead atoms. The molecule has 0 saturated heterocycles. The van der Waals surface area contributed by atoms with Gasteiger partial charge in [0.15, 0.2) is 0 Å². The first-order valence-corrected chi connectivity index (χ1v) is 14.4. The summed E-state index contributed by atoms with van der Waals surface area (Å²) in [6.07, 6.45) is 15.8. The number of hydrogen-bond donors (Lipinski definition) is 1. The Bertz CT molecular complexity index is 425. The number of unbranched alkanes of at least 4 members (excludes halogenated alkanes) is 6. The minimum atomic E-state index is -0.674. The van der Waals surface area contributed by atoms with Crippen LogP contribution < -0.4 is 0 Å². The highest BCUT2D eigenvalue weighted by Crippen LogP contribution is 2.23. The van der Waals surface area contributed by atoms with Crippen molar-refractivity contribution in [3.63, 3.8) is 0 Å². The summed E-state index contributed by atoms with van der Waals surface area (Å²) in [4.78, 5) is 11.5. The summed E-state index contributed by atoms with van der Waals surface area (Å²) in [6.45, 7) is 2.09. The lowest BCUT2D eigenvalue weighted by atomic mass is 9.94. The number of carboxylic acids is 1. The Morgan fingerprint density at radius 2 is 1.13 bits per heavy atom. The van der Waals surface area contributed by atoms with Gasteiger partial charge in [-0.2, -0.15) is 0 Å². The Morgan fingerprint density at radius 3 is 1.68 bits per heavy atom. The van der Waals surface area contributed by atoms with Gasteiger partial charge in [-0.3, -0.25) is 4.79 Å². The number of carbonyl (C=O) groups is 1. The van der Waals surface area contributed by atoms with Gasteiger partial charge in [-0.05, 0) is 51.4 Å². The topological polar surface area (TPSA) is 37.3 Å². The van der Waals surface area contributed by atoms with Crippen LogP contribution in [0.4, 0.5) is 0 Å². The van der Waals surface area contributed by atoms with E-state index in [1.54, 1.807) is 0 Å². The van der Waals surface area contributed by atoms with Crippen LogP contribution in [-0.4, -0.2) is 38.5 Å². The summed E-state index contributed by atoms with van der Waals surface area (Å²) in [5.74, 6) is -0.484. The van der Waals surface area contributed by atoms with Gasteiger partial charge >= 0.3 is 5.97 Å². The molecule has 0 amide bonds. The minimum absolute atomic E-state index is 0.0311. The van der Waals surface area contributed by atoms with E-state index in [-0.39, 0.29) is 27.4 Å². The molecule has 0 fully saturated rings. The molecule has 7 heteroatoms. The van der Waals surface area contributed by atoms with E-state index in [9.17, 15) is 9.90 Å². The zero-order valence-corrected chi connectivity index (χ0v) is 22.9. The third-order valence-corrected chi connectivity index (χ3v) is 8.13. The van der Waals surface area contributed by atoms with Crippen LogP contribution in [0.5, 0.6) is 0 Å². The molecule has 0 rings (SSSR count). The van der Waals surface area contributed by atoms with Crippen LogP contribution in [0.25, 0.3) is 0 Å². The first kappa shape index (κ1) is 31.9. The number of hydrogen-bond acceptors (Lipinski definition) is 1. The third-order valence-electron chi connectivity index (χ3n) is 5.90. The SMILES string of the molecule is CCC(Cl)CC(Cl)CCCCCCCCCC(CCCC(Cl)CCC(Cl)CCl)C(=O)O. The van der Waals surface area contributed by atoms with E-state index in [1.807, 2.05) is 0 Å². The fraction of sp³-hybridized carbons (Fsp3) is 0.958. The first-order chi connectivity index (χ1) is 14.8. The van der Waals surface area contributed by atoms with E-state index in [1.165, 1.54) is 32.1 Å². The largest absolute Gasteiger partial charge is 0.481 e. The second-order valence-electron chi connectivity index (χ2n) is 8.78. The van der Waals surface area contributed by atoms with Crippen molar-refractivity contribution in [1.82, 2.24) is 0 Å². The second kappa shape index (κ2) is 21.5. The molecule has 5 unspecified atom stereocenters. The number of aliphatic carboxylic acids is 1. The quantitative estimate of drug-likeness (QED) is 0.110. The second-order valence-corrected chi connectivity index (χ2v) is 11.6. The van der Waals surface area contributed by atoms with E-state index < -0.39 is 5.97 Å². The molecule has 2 nitrogen and oxygen atoms in total. The summed E-state index contributed by atoms with van der Waals surface area (Å²) in [7, 11) is 0. The molecule has 0 aromatic heterocycles. The highest BCUT2D eigenvalue weighted by atomic mass is 35.5. The van der Waals surface area contributed by atoms with Gasteiger partial charge in [-0.15, -0.1) is 58.0 Å².